The second-order valence-corrected chi connectivity index (χ2v) is 6.28. The third-order valence-corrected chi connectivity index (χ3v) is 4.55. The van der Waals surface area contributed by atoms with Crippen LogP contribution in [0.3, 0.4) is 0 Å². The lowest BCUT2D eigenvalue weighted by Crippen LogP contribution is -2.51. The maximum absolute atomic E-state index is 12.9. The van der Waals surface area contributed by atoms with Gasteiger partial charge in [-0.1, -0.05) is 0 Å². The van der Waals surface area contributed by atoms with Gasteiger partial charge in [-0.15, -0.1) is 0 Å². The van der Waals surface area contributed by atoms with E-state index in [1.165, 1.54) is 4.90 Å². The van der Waals surface area contributed by atoms with Crippen molar-refractivity contribution in [3.8, 4) is 11.5 Å². The van der Waals surface area contributed by atoms with Gasteiger partial charge < -0.3 is 29.7 Å². The number of methoxy groups -OCH3 is 2. The summed E-state index contributed by atoms with van der Waals surface area (Å²) in [7, 11) is -5.90. The van der Waals surface area contributed by atoms with Crippen molar-refractivity contribution in [1.82, 2.24) is 14.9 Å². The Labute approximate surface area is 177 Å². The number of hydrogen-bond donors (Lipinski definition) is 1. The topological polar surface area (TPSA) is 103 Å². The molecular weight excluding hydrogens is 362 g/mol. The first-order chi connectivity index (χ1) is 17.4. The van der Waals surface area contributed by atoms with Crippen LogP contribution < -0.4 is 20.1 Å². The summed E-state index contributed by atoms with van der Waals surface area (Å²) in [6.07, 6.45) is 0.0465. The normalized spacial score (nSPS) is 29.6. The Balaban J connectivity index is 1.72. The molecule has 0 bridgehead atoms. The van der Waals surface area contributed by atoms with E-state index >= 15 is 0 Å². The van der Waals surface area contributed by atoms with Crippen molar-refractivity contribution in [2.75, 3.05) is 57.4 Å². The Kier molecular flexibility index (Phi) is 2.77. The number of carbonyl (C=O) groups is 1. The average molecular weight is 398 g/mol. The molecule has 3 heterocycles. The maximum Gasteiger partial charge on any atom is 0.251 e. The summed E-state index contributed by atoms with van der Waals surface area (Å²) in [4.78, 5) is 23.1. The van der Waals surface area contributed by atoms with E-state index in [1.54, 1.807) is 0 Å². The number of aromatic nitrogens is 2. The van der Waals surface area contributed by atoms with Gasteiger partial charge in [0, 0.05) is 44.1 Å². The van der Waals surface area contributed by atoms with Crippen LogP contribution in [0.15, 0.2) is 12.1 Å². The lowest BCUT2D eigenvalue weighted by Gasteiger charge is -2.35. The molecule has 2 saturated heterocycles. The third kappa shape index (κ3) is 3.37. The number of nitrogens with zero attached hydrogens (tertiary/aromatic N) is 4. The SMILES string of the molecule is [2H]C([2H])([2H])Oc1cc2nc(N3CC([2H])([2H])N(C(=O)C4CCCO4)C([2H])([2H])C3)nc(N)c2cc1OC([2H])([2H])[2H]. The molecule has 1 amide bonds. The molecule has 2 aliphatic heterocycles. The predicted molar refractivity (Wildman–Crippen MR) is 105 cm³/mol. The minimum atomic E-state index is -2.96. The maximum atomic E-state index is 12.9. The van der Waals surface area contributed by atoms with Crippen molar-refractivity contribution < 1.29 is 32.7 Å². The molecule has 0 spiro atoms. The molecule has 1 atom stereocenters. The highest BCUT2D eigenvalue weighted by Crippen LogP contribution is 2.34. The van der Waals surface area contributed by atoms with Gasteiger partial charge in [-0.05, 0) is 18.9 Å². The van der Waals surface area contributed by atoms with Gasteiger partial charge in [0.2, 0.25) is 5.95 Å². The molecule has 2 fully saturated rings. The molecule has 28 heavy (non-hydrogen) atoms. The highest BCUT2D eigenvalue weighted by molar-refractivity contribution is 5.91. The van der Waals surface area contributed by atoms with Gasteiger partial charge in [0.15, 0.2) is 11.5 Å². The van der Waals surface area contributed by atoms with Crippen LogP contribution in [0.4, 0.5) is 11.8 Å². The van der Waals surface area contributed by atoms with E-state index in [4.69, 9.17) is 33.7 Å². The molecule has 1 aromatic carbocycles. The van der Waals surface area contributed by atoms with Gasteiger partial charge in [-0.2, -0.15) is 4.98 Å². The first-order valence-corrected chi connectivity index (χ1v) is 8.56. The Morgan fingerprint density at radius 2 is 2.04 bits per heavy atom. The van der Waals surface area contributed by atoms with E-state index < -0.39 is 63.7 Å². The van der Waals surface area contributed by atoms with Gasteiger partial charge in [0.25, 0.3) is 5.91 Å². The molecule has 2 aromatic rings. The van der Waals surface area contributed by atoms with Crippen LogP contribution in [0, 0.1) is 0 Å². The molecular formula is C19H25N5O4. The largest absolute Gasteiger partial charge is 0.493 e. The van der Waals surface area contributed by atoms with E-state index in [2.05, 4.69) is 9.97 Å². The third-order valence-electron chi connectivity index (χ3n) is 4.55. The summed E-state index contributed by atoms with van der Waals surface area (Å²) in [6, 6.07) is 2.20. The number of nitrogen functional groups attached to an aromatic ring is 1. The van der Waals surface area contributed by atoms with Crippen molar-refractivity contribution >= 4 is 28.6 Å². The lowest BCUT2D eigenvalue weighted by molar-refractivity contribution is -0.141. The zero-order valence-corrected chi connectivity index (χ0v) is 14.8. The fourth-order valence-corrected chi connectivity index (χ4v) is 3.09. The van der Waals surface area contributed by atoms with E-state index in [-0.39, 0.29) is 22.7 Å². The minimum Gasteiger partial charge on any atom is -0.493 e. The van der Waals surface area contributed by atoms with Crippen LogP contribution in [0.2, 0.25) is 0 Å². The summed E-state index contributed by atoms with van der Waals surface area (Å²) in [5, 5.41) is 0.0871. The molecule has 0 radical (unpaired) electrons. The molecule has 150 valence electrons. The molecule has 0 aliphatic carbocycles. The quantitative estimate of drug-likeness (QED) is 0.817. The highest BCUT2D eigenvalue weighted by atomic mass is 16.5. The van der Waals surface area contributed by atoms with Crippen molar-refractivity contribution in [3.05, 3.63) is 12.1 Å². The molecule has 0 saturated carbocycles. The summed E-state index contributed by atoms with van der Waals surface area (Å²) in [5.74, 6) is -2.08. The van der Waals surface area contributed by atoms with E-state index in [9.17, 15) is 4.79 Å². The lowest BCUT2D eigenvalue weighted by atomic mass is 10.2. The highest BCUT2D eigenvalue weighted by Gasteiger charge is 2.31. The Hall–Kier alpha value is -2.81. The number of hydrogen-bond acceptors (Lipinski definition) is 8. The number of benzene rings is 1. The fourth-order valence-electron chi connectivity index (χ4n) is 3.09. The zero-order valence-electron chi connectivity index (χ0n) is 24.8. The molecule has 2 aliphatic rings. The predicted octanol–water partition coefficient (Wildman–Crippen LogP) is 1.06. The zero-order chi connectivity index (χ0) is 28.3. The van der Waals surface area contributed by atoms with E-state index in [0.717, 1.165) is 12.1 Å². The minimum absolute atomic E-state index is 0.00336. The number of ether oxygens (including phenoxy) is 3. The molecule has 9 heteroatoms. The molecule has 9 nitrogen and oxygen atoms in total. The number of anilines is 2. The van der Waals surface area contributed by atoms with Crippen molar-refractivity contribution in [2.24, 2.45) is 0 Å². The monoisotopic (exact) mass is 397 g/mol. The Bertz CT molecular complexity index is 1220. The number of piperazine rings is 1. The van der Waals surface area contributed by atoms with Crippen LogP contribution in [-0.4, -0.2) is 73.6 Å². The van der Waals surface area contributed by atoms with Gasteiger partial charge in [0.05, 0.1) is 33.3 Å². The molecule has 1 aromatic heterocycles. The smallest absolute Gasteiger partial charge is 0.251 e. The van der Waals surface area contributed by atoms with E-state index in [1.807, 2.05) is 0 Å². The molecule has 1 unspecified atom stereocenters. The van der Waals surface area contributed by atoms with Crippen molar-refractivity contribution in [3.63, 3.8) is 0 Å². The van der Waals surface area contributed by atoms with Crippen molar-refractivity contribution in [2.45, 2.75) is 18.9 Å². The van der Waals surface area contributed by atoms with Gasteiger partial charge in [-0.3, -0.25) is 4.79 Å². The first kappa shape index (κ1) is 10.1. The van der Waals surface area contributed by atoms with Crippen LogP contribution in [0.25, 0.3) is 10.9 Å². The number of fused-ring (bicyclic) bond motifs is 1. The Morgan fingerprint density at radius 1 is 1.29 bits per heavy atom. The summed E-state index contributed by atoms with van der Waals surface area (Å²) < 4.78 is 93.2. The molecule has 2 N–H and O–H groups in total. The van der Waals surface area contributed by atoms with Crippen LogP contribution in [0.1, 0.15) is 26.5 Å². The second kappa shape index (κ2) is 7.67. The van der Waals surface area contributed by atoms with Gasteiger partial charge in [-0.25, -0.2) is 4.98 Å². The first-order valence-electron chi connectivity index (χ1n) is 13.6. The summed E-state index contributed by atoms with van der Waals surface area (Å²) in [6.45, 7) is -5.64. The second-order valence-electron chi connectivity index (χ2n) is 6.28. The number of amides is 1. The standard InChI is InChI=1S/C19H25N5O4/c1-26-15-10-12-13(11-16(15)27-2)21-19(22-17(12)20)24-7-5-23(6-8-24)18(25)14-4-3-9-28-14/h10-11,14H,3-9H2,1-2H3,(H2,20,21,22)/i1D3,2D3,5D2,6D2. The number of carbonyl (C=O) groups excluding carboxylic acids is 1. The van der Waals surface area contributed by atoms with E-state index in [0.29, 0.717) is 24.3 Å². The number of nitrogens with two attached hydrogens (primary N) is 1. The average Bonchev–Trinajstić information content (AvgIpc) is 3.25. The van der Waals surface area contributed by atoms with Gasteiger partial charge in [0.1, 0.15) is 11.9 Å². The molecule has 4 rings (SSSR count). The Morgan fingerprint density at radius 3 is 2.71 bits per heavy atom. The van der Waals surface area contributed by atoms with Crippen LogP contribution in [-0.2, 0) is 9.53 Å². The summed E-state index contributed by atoms with van der Waals surface area (Å²) >= 11 is 0. The van der Waals surface area contributed by atoms with Crippen LogP contribution >= 0.6 is 0 Å². The number of rotatable bonds is 4. The summed E-state index contributed by atoms with van der Waals surface area (Å²) in [5.41, 5.74) is 6.08. The fraction of sp³-hybridized carbons (Fsp3) is 0.526. The van der Waals surface area contributed by atoms with Crippen molar-refractivity contribution in [1.29, 1.82) is 0 Å². The van der Waals surface area contributed by atoms with Crippen LogP contribution in [0.5, 0.6) is 11.5 Å². The van der Waals surface area contributed by atoms with Gasteiger partial charge >= 0.3 is 0 Å².